The predicted octanol–water partition coefficient (Wildman–Crippen LogP) is 2.75. The summed E-state index contributed by atoms with van der Waals surface area (Å²) in [7, 11) is 0. The normalized spacial score (nSPS) is 21.5. The minimum atomic E-state index is -0.812. The average Bonchev–Trinajstić information content (AvgIpc) is 2.83. The van der Waals surface area contributed by atoms with Crippen LogP contribution in [0.3, 0.4) is 0 Å². The van der Waals surface area contributed by atoms with Crippen LogP contribution in [0.4, 0.5) is 5.69 Å². The molecule has 1 atom stereocenters. The predicted molar refractivity (Wildman–Crippen MR) is 84.1 cm³/mol. The Morgan fingerprint density at radius 2 is 2.14 bits per heavy atom. The molecule has 1 amide bonds. The molecule has 0 bridgehead atoms. The molecule has 1 aliphatic rings. The van der Waals surface area contributed by atoms with Crippen LogP contribution in [-0.4, -0.2) is 35.0 Å². The van der Waals surface area contributed by atoms with Crippen LogP contribution in [0.2, 0.25) is 0 Å². The van der Waals surface area contributed by atoms with E-state index in [9.17, 15) is 14.7 Å². The third-order valence-electron chi connectivity index (χ3n) is 3.99. The number of halogens is 1. The van der Waals surface area contributed by atoms with E-state index in [-0.39, 0.29) is 12.5 Å². The largest absolute Gasteiger partial charge is 0.481 e. The zero-order chi connectivity index (χ0) is 15.6. The molecule has 1 heterocycles. The third-order valence-corrected chi connectivity index (χ3v) is 4.45. The molecule has 0 radical (unpaired) electrons. The summed E-state index contributed by atoms with van der Waals surface area (Å²) in [5.41, 5.74) is 5.94. The highest BCUT2D eigenvalue weighted by atomic mass is 79.9. The molecule has 1 aliphatic heterocycles. The topological polar surface area (TPSA) is 83.6 Å². The molecule has 5 nitrogen and oxygen atoms in total. The van der Waals surface area contributed by atoms with E-state index in [1.165, 1.54) is 0 Å². The van der Waals surface area contributed by atoms with Crippen molar-refractivity contribution in [1.82, 2.24) is 4.90 Å². The van der Waals surface area contributed by atoms with Crippen molar-refractivity contribution in [3.05, 3.63) is 28.2 Å². The van der Waals surface area contributed by atoms with E-state index in [0.29, 0.717) is 30.6 Å². The summed E-state index contributed by atoms with van der Waals surface area (Å²) >= 11 is 3.32. The zero-order valence-electron chi connectivity index (χ0n) is 11.9. The van der Waals surface area contributed by atoms with E-state index in [4.69, 9.17) is 5.73 Å². The molecule has 0 aliphatic carbocycles. The summed E-state index contributed by atoms with van der Waals surface area (Å²) < 4.78 is 0.739. The molecule has 0 saturated carbocycles. The van der Waals surface area contributed by atoms with Crippen LogP contribution in [0.1, 0.15) is 36.5 Å². The Morgan fingerprint density at radius 1 is 1.43 bits per heavy atom. The van der Waals surface area contributed by atoms with E-state index in [1.54, 1.807) is 23.1 Å². The first-order valence-corrected chi connectivity index (χ1v) is 7.76. The van der Waals surface area contributed by atoms with Crippen molar-refractivity contribution < 1.29 is 14.7 Å². The van der Waals surface area contributed by atoms with Crippen molar-refractivity contribution in [2.45, 2.75) is 26.2 Å². The molecule has 1 aromatic carbocycles. The number of carbonyl (C=O) groups excluding carboxylic acids is 1. The van der Waals surface area contributed by atoms with Crippen molar-refractivity contribution in [2.24, 2.45) is 5.41 Å². The van der Waals surface area contributed by atoms with Crippen LogP contribution in [-0.2, 0) is 4.79 Å². The Bertz CT molecular complexity index is 556. The van der Waals surface area contributed by atoms with Crippen LogP contribution in [0, 0.1) is 5.41 Å². The molecule has 6 heteroatoms. The number of hydrogen-bond acceptors (Lipinski definition) is 3. The lowest BCUT2D eigenvalue weighted by Gasteiger charge is -2.24. The van der Waals surface area contributed by atoms with Gasteiger partial charge in [0.1, 0.15) is 0 Å². The van der Waals surface area contributed by atoms with Crippen LogP contribution < -0.4 is 5.73 Å². The van der Waals surface area contributed by atoms with Gasteiger partial charge < -0.3 is 15.7 Å². The minimum absolute atomic E-state index is 0.165. The van der Waals surface area contributed by atoms with Crippen molar-refractivity contribution >= 4 is 33.5 Å². The Kier molecular flexibility index (Phi) is 4.56. The fraction of sp³-hybridized carbons (Fsp3) is 0.467. The summed E-state index contributed by atoms with van der Waals surface area (Å²) in [5, 5.41) is 9.49. The maximum Gasteiger partial charge on any atom is 0.311 e. The summed E-state index contributed by atoms with van der Waals surface area (Å²) in [6, 6.07) is 5.05. The lowest BCUT2D eigenvalue weighted by Crippen LogP contribution is -2.37. The lowest BCUT2D eigenvalue weighted by atomic mass is 9.83. The first kappa shape index (κ1) is 15.8. The molecule has 1 unspecified atom stereocenters. The number of nitrogens with two attached hydrogens (primary N) is 1. The van der Waals surface area contributed by atoms with Gasteiger partial charge in [-0.25, -0.2) is 0 Å². The standard InChI is InChI=1S/C15H19BrN2O3/c1-2-3-15(14(20)21)4-5-18(9-15)13(19)10-6-11(16)8-12(17)7-10/h6-8H,2-5,9,17H2,1H3,(H,20,21). The van der Waals surface area contributed by atoms with Gasteiger partial charge in [0.2, 0.25) is 0 Å². The summed E-state index contributed by atoms with van der Waals surface area (Å²) in [5.74, 6) is -0.976. The van der Waals surface area contributed by atoms with Crippen molar-refractivity contribution in [1.29, 1.82) is 0 Å². The number of carboxylic acids is 1. The van der Waals surface area contributed by atoms with E-state index in [0.717, 1.165) is 10.9 Å². The van der Waals surface area contributed by atoms with Gasteiger partial charge in [-0.15, -0.1) is 0 Å². The van der Waals surface area contributed by atoms with Crippen LogP contribution in [0.15, 0.2) is 22.7 Å². The number of nitrogens with zero attached hydrogens (tertiary/aromatic N) is 1. The highest BCUT2D eigenvalue weighted by Gasteiger charge is 2.45. The lowest BCUT2D eigenvalue weighted by molar-refractivity contribution is -0.148. The number of aliphatic carboxylic acids is 1. The van der Waals surface area contributed by atoms with Gasteiger partial charge in [0.05, 0.1) is 5.41 Å². The van der Waals surface area contributed by atoms with E-state index < -0.39 is 11.4 Å². The van der Waals surface area contributed by atoms with E-state index in [1.807, 2.05) is 6.92 Å². The fourth-order valence-corrected chi connectivity index (χ4v) is 3.44. The molecule has 1 fully saturated rings. The van der Waals surface area contributed by atoms with Gasteiger partial charge in [0.15, 0.2) is 0 Å². The molecule has 0 spiro atoms. The van der Waals surface area contributed by atoms with Crippen LogP contribution in [0.5, 0.6) is 0 Å². The summed E-state index contributed by atoms with van der Waals surface area (Å²) in [6.45, 7) is 2.70. The second-order valence-electron chi connectivity index (χ2n) is 5.59. The zero-order valence-corrected chi connectivity index (χ0v) is 13.5. The van der Waals surface area contributed by atoms with Gasteiger partial charge in [-0.05, 0) is 31.0 Å². The van der Waals surface area contributed by atoms with Crippen LogP contribution in [0.25, 0.3) is 0 Å². The highest BCUT2D eigenvalue weighted by molar-refractivity contribution is 9.10. The number of rotatable bonds is 4. The number of nitrogen functional groups attached to an aromatic ring is 1. The second kappa shape index (κ2) is 6.05. The molecule has 21 heavy (non-hydrogen) atoms. The number of hydrogen-bond donors (Lipinski definition) is 2. The SMILES string of the molecule is CCCC1(C(=O)O)CCN(C(=O)c2cc(N)cc(Br)c2)C1. The van der Waals surface area contributed by atoms with Crippen LogP contribution >= 0.6 is 15.9 Å². The monoisotopic (exact) mass is 354 g/mol. The van der Waals surface area contributed by atoms with Crippen molar-refractivity contribution in [3.8, 4) is 0 Å². The molecular formula is C15H19BrN2O3. The quantitative estimate of drug-likeness (QED) is 0.814. The molecule has 3 N–H and O–H groups in total. The smallest absolute Gasteiger partial charge is 0.311 e. The summed E-state index contributed by atoms with van der Waals surface area (Å²) in [6.07, 6.45) is 1.89. The first-order chi connectivity index (χ1) is 9.88. The van der Waals surface area contributed by atoms with Gasteiger partial charge >= 0.3 is 5.97 Å². The number of carboxylic acid groups (broad SMARTS) is 1. The highest BCUT2D eigenvalue weighted by Crippen LogP contribution is 2.36. The number of likely N-dealkylation sites (tertiary alicyclic amines) is 1. The Hall–Kier alpha value is -1.56. The van der Waals surface area contributed by atoms with Gasteiger partial charge in [0, 0.05) is 28.8 Å². The molecule has 114 valence electrons. The Labute approximate surface area is 132 Å². The molecule has 1 aromatic rings. The third kappa shape index (κ3) is 3.20. The fourth-order valence-electron chi connectivity index (χ4n) is 2.93. The number of benzene rings is 1. The number of anilines is 1. The molecule has 0 aromatic heterocycles. The number of amides is 1. The maximum absolute atomic E-state index is 12.5. The van der Waals surface area contributed by atoms with Gasteiger partial charge in [-0.3, -0.25) is 9.59 Å². The Morgan fingerprint density at radius 3 is 2.71 bits per heavy atom. The molecule has 1 saturated heterocycles. The van der Waals surface area contributed by atoms with E-state index in [2.05, 4.69) is 15.9 Å². The van der Waals surface area contributed by atoms with Crippen molar-refractivity contribution in [2.75, 3.05) is 18.8 Å². The van der Waals surface area contributed by atoms with Gasteiger partial charge in [-0.1, -0.05) is 29.3 Å². The van der Waals surface area contributed by atoms with Crippen molar-refractivity contribution in [3.63, 3.8) is 0 Å². The maximum atomic E-state index is 12.5. The molecule has 2 rings (SSSR count). The second-order valence-corrected chi connectivity index (χ2v) is 6.50. The number of carbonyl (C=O) groups is 2. The summed E-state index contributed by atoms with van der Waals surface area (Å²) in [4.78, 5) is 25.7. The molecular weight excluding hydrogens is 336 g/mol. The average molecular weight is 355 g/mol. The van der Waals surface area contributed by atoms with E-state index >= 15 is 0 Å². The first-order valence-electron chi connectivity index (χ1n) is 6.97. The minimum Gasteiger partial charge on any atom is -0.481 e. The van der Waals surface area contributed by atoms with Gasteiger partial charge in [-0.2, -0.15) is 0 Å². The van der Waals surface area contributed by atoms with Gasteiger partial charge in [0.25, 0.3) is 5.91 Å². The Balaban J connectivity index is 2.20.